The van der Waals surface area contributed by atoms with Crippen LogP contribution in [0.4, 0.5) is 14.6 Å². The van der Waals surface area contributed by atoms with Crippen LogP contribution >= 0.6 is 11.6 Å². The standard InChI is InChI=1S/C24H31ClF2N6O5/c1-4-37-24(36)20-22(38-13-17(26)27)21(23(35)29-16-7-9-32(10-8-16)14(2)3)33(31-20)12-19(34)30-18-6-5-15(25)11-28-18/h5-6,11,14,16-17H,4,7-10,12-13H2,1-3H3,(H,29,35)(H,28,30,34). The Morgan fingerprint density at radius 1 is 1.21 bits per heavy atom. The smallest absolute Gasteiger partial charge is 0.362 e. The van der Waals surface area contributed by atoms with E-state index in [-0.39, 0.29) is 24.2 Å². The number of likely N-dealkylation sites (tertiary alicyclic amines) is 1. The van der Waals surface area contributed by atoms with Gasteiger partial charge in [0.2, 0.25) is 11.6 Å². The zero-order valence-electron chi connectivity index (χ0n) is 21.4. The molecule has 0 aromatic carbocycles. The second-order valence-electron chi connectivity index (χ2n) is 8.89. The number of anilines is 1. The Balaban J connectivity index is 1.90. The minimum atomic E-state index is -2.89. The molecule has 0 aliphatic carbocycles. The van der Waals surface area contributed by atoms with E-state index >= 15 is 0 Å². The zero-order valence-corrected chi connectivity index (χ0v) is 22.1. The van der Waals surface area contributed by atoms with Crippen molar-refractivity contribution in [3.8, 4) is 5.75 Å². The predicted octanol–water partition coefficient (Wildman–Crippen LogP) is 2.99. The summed E-state index contributed by atoms with van der Waals surface area (Å²) in [6.45, 7) is 5.60. The van der Waals surface area contributed by atoms with Gasteiger partial charge in [-0.25, -0.2) is 23.2 Å². The van der Waals surface area contributed by atoms with Crippen LogP contribution in [0.2, 0.25) is 5.02 Å². The number of esters is 1. The minimum Gasteiger partial charge on any atom is -0.483 e. The molecule has 208 valence electrons. The normalized spacial score (nSPS) is 14.5. The average molecular weight is 557 g/mol. The van der Waals surface area contributed by atoms with Crippen LogP contribution in [-0.2, 0) is 16.1 Å². The van der Waals surface area contributed by atoms with Crippen molar-refractivity contribution >= 4 is 35.2 Å². The molecule has 2 aromatic rings. The Bertz CT molecular complexity index is 1120. The molecule has 11 nitrogen and oxygen atoms in total. The SMILES string of the molecule is CCOC(=O)c1nn(CC(=O)Nc2ccc(Cl)cn2)c(C(=O)NC2CCN(C(C)C)CC2)c1OCC(F)F. The maximum atomic E-state index is 13.4. The van der Waals surface area contributed by atoms with E-state index in [9.17, 15) is 23.2 Å². The van der Waals surface area contributed by atoms with E-state index in [1.807, 2.05) is 0 Å². The number of ether oxygens (including phenoxy) is 2. The fraction of sp³-hybridized carbons (Fsp3) is 0.542. The average Bonchev–Trinajstić information content (AvgIpc) is 3.22. The van der Waals surface area contributed by atoms with Crippen molar-refractivity contribution in [1.29, 1.82) is 0 Å². The van der Waals surface area contributed by atoms with Crippen molar-refractivity contribution in [3.63, 3.8) is 0 Å². The third-order valence-electron chi connectivity index (χ3n) is 5.83. The molecule has 0 bridgehead atoms. The summed E-state index contributed by atoms with van der Waals surface area (Å²) in [4.78, 5) is 45.0. The summed E-state index contributed by atoms with van der Waals surface area (Å²) in [6, 6.07) is 3.16. The molecule has 2 N–H and O–H groups in total. The van der Waals surface area contributed by atoms with Crippen LogP contribution in [0.15, 0.2) is 18.3 Å². The van der Waals surface area contributed by atoms with E-state index in [0.717, 1.165) is 17.8 Å². The number of piperidine rings is 1. The second kappa shape index (κ2) is 13.5. The molecule has 2 amide bonds. The van der Waals surface area contributed by atoms with Gasteiger partial charge in [0.15, 0.2) is 11.4 Å². The van der Waals surface area contributed by atoms with Gasteiger partial charge in [-0.2, -0.15) is 5.10 Å². The van der Waals surface area contributed by atoms with E-state index in [1.165, 1.54) is 18.3 Å². The number of carbonyl (C=O) groups is 3. The number of carbonyl (C=O) groups excluding carboxylic acids is 3. The number of nitrogens with one attached hydrogen (secondary N) is 2. The molecule has 1 aliphatic heterocycles. The Morgan fingerprint density at radius 3 is 2.50 bits per heavy atom. The molecule has 0 unspecified atom stereocenters. The number of pyridine rings is 1. The van der Waals surface area contributed by atoms with Gasteiger partial charge in [0.05, 0.1) is 11.6 Å². The summed E-state index contributed by atoms with van der Waals surface area (Å²) < 4.78 is 37.2. The summed E-state index contributed by atoms with van der Waals surface area (Å²) >= 11 is 5.82. The zero-order chi connectivity index (χ0) is 27.8. The molecule has 38 heavy (non-hydrogen) atoms. The molecule has 2 aromatic heterocycles. The number of alkyl halides is 2. The summed E-state index contributed by atoms with van der Waals surface area (Å²) in [5.74, 6) is -2.61. The number of aromatic nitrogens is 3. The summed E-state index contributed by atoms with van der Waals surface area (Å²) in [5.41, 5.74) is -0.816. The minimum absolute atomic E-state index is 0.0291. The molecule has 1 aliphatic rings. The number of hydrogen-bond acceptors (Lipinski definition) is 8. The van der Waals surface area contributed by atoms with Gasteiger partial charge in [-0.1, -0.05) is 11.6 Å². The monoisotopic (exact) mass is 556 g/mol. The Hall–Kier alpha value is -3.32. The molecular formula is C24H31ClF2N6O5. The van der Waals surface area contributed by atoms with Gasteiger partial charge in [-0.15, -0.1) is 0 Å². The fourth-order valence-electron chi connectivity index (χ4n) is 3.98. The summed E-state index contributed by atoms with van der Waals surface area (Å²) in [7, 11) is 0. The van der Waals surface area contributed by atoms with Crippen molar-refractivity contribution < 1.29 is 32.6 Å². The van der Waals surface area contributed by atoms with Crippen molar-refractivity contribution in [1.82, 2.24) is 25.0 Å². The highest BCUT2D eigenvalue weighted by molar-refractivity contribution is 6.30. The molecule has 0 atom stereocenters. The first-order chi connectivity index (χ1) is 18.1. The first-order valence-electron chi connectivity index (χ1n) is 12.2. The van der Waals surface area contributed by atoms with Crippen molar-refractivity contribution in [2.45, 2.75) is 58.7 Å². The summed E-state index contributed by atoms with van der Waals surface area (Å²) in [5, 5.41) is 9.82. The van der Waals surface area contributed by atoms with Gasteiger partial charge in [-0.3, -0.25) is 9.59 Å². The highest BCUT2D eigenvalue weighted by atomic mass is 35.5. The van der Waals surface area contributed by atoms with Gasteiger partial charge in [0, 0.05) is 31.4 Å². The van der Waals surface area contributed by atoms with Crippen LogP contribution in [0.1, 0.15) is 54.6 Å². The lowest BCUT2D eigenvalue weighted by Gasteiger charge is -2.34. The molecule has 0 spiro atoms. The largest absolute Gasteiger partial charge is 0.483 e. The first kappa shape index (κ1) is 29.2. The first-order valence-corrected chi connectivity index (χ1v) is 12.6. The van der Waals surface area contributed by atoms with Crippen LogP contribution in [-0.4, -0.2) is 82.3 Å². The van der Waals surface area contributed by atoms with Crippen LogP contribution in [0.25, 0.3) is 0 Å². The van der Waals surface area contributed by atoms with Crippen molar-refractivity contribution in [2.75, 3.05) is 31.6 Å². The van der Waals surface area contributed by atoms with E-state index in [2.05, 4.69) is 39.5 Å². The van der Waals surface area contributed by atoms with E-state index < -0.39 is 48.8 Å². The third-order valence-corrected chi connectivity index (χ3v) is 6.05. The van der Waals surface area contributed by atoms with E-state index in [4.69, 9.17) is 21.1 Å². The summed E-state index contributed by atoms with van der Waals surface area (Å²) in [6.07, 6.45) is -0.217. The lowest BCUT2D eigenvalue weighted by atomic mass is 10.0. The highest BCUT2D eigenvalue weighted by Crippen LogP contribution is 2.27. The Morgan fingerprint density at radius 2 is 1.92 bits per heavy atom. The topological polar surface area (TPSA) is 128 Å². The third kappa shape index (κ3) is 7.84. The molecule has 3 rings (SSSR count). The predicted molar refractivity (Wildman–Crippen MR) is 135 cm³/mol. The van der Waals surface area contributed by atoms with Crippen LogP contribution in [0.3, 0.4) is 0 Å². The van der Waals surface area contributed by atoms with Gasteiger partial charge in [0.1, 0.15) is 19.0 Å². The fourth-order valence-corrected chi connectivity index (χ4v) is 4.09. The number of nitrogens with zero attached hydrogens (tertiary/aromatic N) is 4. The van der Waals surface area contributed by atoms with Crippen molar-refractivity contribution in [2.24, 2.45) is 0 Å². The second-order valence-corrected chi connectivity index (χ2v) is 9.33. The number of halogens is 3. The van der Waals surface area contributed by atoms with Crippen LogP contribution in [0.5, 0.6) is 5.75 Å². The number of rotatable bonds is 11. The van der Waals surface area contributed by atoms with Crippen LogP contribution < -0.4 is 15.4 Å². The number of amides is 2. The maximum absolute atomic E-state index is 13.4. The van der Waals surface area contributed by atoms with Gasteiger partial charge < -0.3 is 25.0 Å². The van der Waals surface area contributed by atoms with Gasteiger partial charge in [-0.05, 0) is 45.7 Å². The Kier molecular flexibility index (Phi) is 10.4. The Labute approximate surface area is 223 Å². The molecule has 14 heteroatoms. The van der Waals surface area contributed by atoms with Crippen LogP contribution in [0, 0.1) is 0 Å². The molecule has 1 saturated heterocycles. The number of hydrogen-bond donors (Lipinski definition) is 2. The molecule has 0 saturated carbocycles. The lowest BCUT2D eigenvalue weighted by Crippen LogP contribution is -2.47. The van der Waals surface area contributed by atoms with E-state index in [1.54, 1.807) is 6.92 Å². The van der Waals surface area contributed by atoms with Gasteiger partial charge in [0.25, 0.3) is 12.3 Å². The van der Waals surface area contributed by atoms with Gasteiger partial charge >= 0.3 is 5.97 Å². The molecule has 3 heterocycles. The maximum Gasteiger partial charge on any atom is 0.362 e. The van der Waals surface area contributed by atoms with E-state index in [0.29, 0.717) is 23.9 Å². The highest BCUT2D eigenvalue weighted by Gasteiger charge is 2.33. The molecule has 1 fully saturated rings. The van der Waals surface area contributed by atoms with Crippen molar-refractivity contribution in [3.05, 3.63) is 34.7 Å². The molecule has 0 radical (unpaired) electrons. The lowest BCUT2D eigenvalue weighted by molar-refractivity contribution is -0.117. The quantitative estimate of drug-likeness (QED) is 0.404. The molecular weight excluding hydrogens is 526 g/mol.